The molecule has 5 nitrogen and oxygen atoms in total. The number of rotatable bonds is 4. The summed E-state index contributed by atoms with van der Waals surface area (Å²) in [4.78, 5) is 12.2. The maximum Gasteiger partial charge on any atom is 0.246 e. The molecule has 0 saturated carbocycles. The summed E-state index contributed by atoms with van der Waals surface area (Å²) in [7, 11) is 0. The van der Waals surface area contributed by atoms with Crippen LogP contribution in [0.1, 0.15) is 38.1 Å². The molecule has 2 rings (SSSR count). The van der Waals surface area contributed by atoms with Crippen LogP contribution < -0.4 is 10.6 Å². The van der Waals surface area contributed by atoms with Crippen molar-refractivity contribution in [3.8, 4) is 0 Å². The van der Waals surface area contributed by atoms with Gasteiger partial charge in [0.25, 0.3) is 0 Å². The van der Waals surface area contributed by atoms with Crippen LogP contribution in [0.3, 0.4) is 0 Å². The van der Waals surface area contributed by atoms with Crippen molar-refractivity contribution < 1.29 is 4.79 Å². The number of nitrogens with zero attached hydrogens (tertiary/aromatic N) is 2. The number of carbonyl (C=O) groups is 1. The fourth-order valence-corrected chi connectivity index (χ4v) is 2.80. The van der Waals surface area contributed by atoms with Crippen LogP contribution in [0.15, 0.2) is 0 Å². The maximum atomic E-state index is 12.2. The molecule has 0 aromatic carbocycles. The monoisotopic (exact) mass is 290 g/mol. The van der Waals surface area contributed by atoms with Gasteiger partial charge in [-0.1, -0.05) is 25.2 Å². The molecule has 0 bridgehead atoms. The lowest BCUT2D eigenvalue weighted by molar-refractivity contribution is -0.122. The SMILES string of the molecule is CCc1nnc(NC(=O)C2(CC)CCCN2)s1.Cl. The minimum Gasteiger partial charge on any atom is -0.303 e. The number of hydrogen-bond acceptors (Lipinski definition) is 5. The minimum absolute atomic E-state index is 0. The summed E-state index contributed by atoms with van der Waals surface area (Å²) in [5.41, 5.74) is -0.405. The van der Waals surface area contributed by atoms with Crippen LogP contribution in [0.4, 0.5) is 5.13 Å². The Hall–Kier alpha value is -0.720. The Morgan fingerprint density at radius 2 is 2.28 bits per heavy atom. The highest BCUT2D eigenvalue weighted by atomic mass is 35.5. The molecule has 1 atom stereocenters. The van der Waals surface area contributed by atoms with Gasteiger partial charge < -0.3 is 5.32 Å². The number of halogens is 1. The lowest BCUT2D eigenvalue weighted by Gasteiger charge is -2.25. The summed E-state index contributed by atoms with van der Waals surface area (Å²) in [6.07, 6.45) is 3.61. The second-order valence-corrected chi connectivity index (χ2v) is 5.34. The first kappa shape index (κ1) is 15.3. The zero-order chi connectivity index (χ0) is 12.3. The lowest BCUT2D eigenvalue weighted by atomic mass is 9.93. The molecule has 1 fully saturated rings. The zero-order valence-electron chi connectivity index (χ0n) is 10.7. The zero-order valence-corrected chi connectivity index (χ0v) is 12.3. The van der Waals surface area contributed by atoms with Crippen LogP contribution >= 0.6 is 23.7 Å². The quantitative estimate of drug-likeness (QED) is 0.890. The van der Waals surface area contributed by atoms with Crippen molar-refractivity contribution >= 4 is 34.8 Å². The van der Waals surface area contributed by atoms with Crippen molar-refractivity contribution in [3.05, 3.63) is 5.01 Å². The van der Waals surface area contributed by atoms with Crippen LogP contribution in [-0.4, -0.2) is 28.2 Å². The summed E-state index contributed by atoms with van der Waals surface area (Å²) < 4.78 is 0. The van der Waals surface area contributed by atoms with E-state index in [2.05, 4.69) is 20.8 Å². The molecule has 0 spiro atoms. The standard InChI is InChI=1S/C11H18N4OS.ClH/c1-3-8-14-15-10(17-8)13-9(16)11(4-2)6-5-7-12-11;/h12H,3-7H2,1-2H3,(H,13,15,16);1H. The van der Waals surface area contributed by atoms with Crippen LogP contribution in [0.5, 0.6) is 0 Å². The van der Waals surface area contributed by atoms with Crippen molar-refractivity contribution in [2.45, 2.75) is 45.1 Å². The van der Waals surface area contributed by atoms with E-state index in [1.807, 2.05) is 13.8 Å². The molecule has 1 amide bonds. The summed E-state index contributed by atoms with van der Waals surface area (Å²) in [5, 5.41) is 15.7. The number of anilines is 1. The Morgan fingerprint density at radius 1 is 1.50 bits per heavy atom. The molecule has 1 aliphatic heterocycles. The first-order valence-corrected chi connectivity index (χ1v) is 6.90. The summed E-state index contributed by atoms with van der Waals surface area (Å²) in [6.45, 7) is 4.98. The van der Waals surface area contributed by atoms with Crippen molar-refractivity contribution in [1.29, 1.82) is 0 Å². The summed E-state index contributed by atoms with van der Waals surface area (Å²) in [6, 6.07) is 0. The highest BCUT2D eigenvalue weighted by molar-refractivity contribution is 7.15. The third kappa shape index (κ3) is 2.99. The van der Waals surface area contributed by atoms with Crippen molar-refractivity contribution in [3.63, 3.8) is 0 Å². The Morgan fingerprint density at radius 3 is 2.78 bits per heavy atom. The van der Waals surface area contributed by atoms with Crippen molar-refractivity contribution in [2.24, 2.45) is 0 Å². The van der Waals surface area contributed by atoms with E-state index in [0.29, 0.717) is 5.13 Å². The lowest BCUT2D eigenvalue weighted by Crippen LogP contribution is -2.50. The van der Waals surface area contributed by atoms with Crippen LogP contribution in [0.25, 0.3) is 0 Å². The molecule has 2 N–H and O–H groups in total. The predicted octanol–water partition coefficient (Wildman–Crippen LogP) is 1.99. The van der Waals surface area contributed by atoms with E-state index in [0.717, 1.165) is 37.2 Å². The van der Waals surface area contributed by atoms with E-state index in [-0.39, 0.29) is 18.3 Å². The van der Waals surface area contributed by atoms with Gasteiger partial charge in [-0.3, -0.25) is 10.1 Å². The Balaban J connectivity index is 0.00000162. The molecule has 18 heavy (non-hydrogen) atoms. The highest BCUT2D eigenvalue weighted by Gasteiger charge is 2.39. The third-order valence-corrected chi connectivity index (χ3v) is 4.25. The van der Waals surface area contributed by atoms with E-state index >= 15 is 0 Å². The first-order chi connectivity index (χ1) is 8.20. The second kappa shape index (κ2) is 6.45. The molecule has 1 aromatic heterocycles. The molecule has 2 heterocycles. The average Bonchev–Trinajstić information content (AvgIpc) is 2.97. The normalized spacial score (nSPS) is 22.6. The van der Waals surface area contributed by atoms with Gasteiger partial charge in [-0.15, -0.1) is 22.6 Å². The number of aryl methyl sites for hydroxylation is 1. The molecule has 1 aliphatic rings. The van der Waals surface area contributed by atoms with Gasteiger partial charge in [0.1, 0.15) is 5.01 Å². The van der Waals surface area contributed by atoms with Crippen molar-refractivity contribution in [1.82, 2.24) is 15.5 Å². The van der Waals surface area contributed by atoms with Crippen LogP contribution in [-0.2, 0) is 11.2 Å². The molecule has 1 unspecified atom stereocenters. The molecular weight excluding hydrogens is 272 g/mol. The van der Waals surface area contributed by atoms with E-state index in [9.17, 15) is 4.79 Å². The Bertz CT molecular complexity index is 404. The topological polar surface area (TPSA) is 66.9 Å². The molecule has 1 saturated heterocycles. The van der Waals surface area contributed by atoms with E-state index < -0.39 is 5.54 Å². The van der Waals surface area contributed by atoms with E-state index in [1.54, 1.807) is 0 Å². The smallest absolute Gasteiger partial charge is 0.246 e. The summed E-state index contributed by atoms with van der Waals surface area (Å²) in [5.74, 6) is 0.0244. The molecular formula is C11H19ClN4OS. The number of nitrogens with one attached hydrogen (secondary N) is 2. The van der Waals surface area contributed by atoms with Crippen LogP contribution in [0.2, 0.25) is 0 Å². The Kier molecular flexibility index (Phi) is 5.49. The summed E-state index contributed by atoms with van der Waals surface area (Å²) >= 11 is 1.45. The number of hydrogen-bond donors (Lipinski definition) is 2. The number of carbonyl (C=O) groups excluding carboxylic acids is 1. The van der Waals surface area contributed by atoms with Gasteiger partial charge in [0.2, 0.25) is 11.0 Å². The minimum atomic E-state index is -0.405. The highest BCUT2D eigenvalue weighted by Crippen LogP contribution is 2.25. The third-order valence-electron chi connectivity index (χ3n) is 3.27. The average molecular weight is 291 g/mol. The largest absolute Gasteiger partial charge is 0.303 e. The molecule has 1 aromatic rings. The molecule has 0 radical (unpaired) electrons. The number of aromatic nitrogens is 2. The second-order valence-electron chi connectivity index (χ2n) is 4.27. The number of amides is 1. The molecule has 7 heteroatoms. The van der Waals surface area contributed by atoms with Gasteiger partial charge in [-0.25, -0.2) is 0 Å². The van der Waals surface area contributed by atoms with Gasteiger partial charge in [-0.2, -0.15) is 0 Å². The van der Waals surface area contributed by atoms with E-state index in [1.165, 1.54) is 11.3 Å². The fraction of sp³-hybridized carbons (Fsp3) is 0.727. The van der Waals surface area contributed by atoms with Crippen molar-refractivity contribution in [2.75, 3.05) is 11.9 Å². The van der Waals surface area contributed by atoms with Gasteiger partial charge in [-0.05, 0) is 32.2 Å². The van der Waals surface area contributed by atoms with Crippen LogP contribution in [0, 0.1) is 0 Å². The van der Waals surface area contributed by atoms with Gasteiger partial charge in [0.05, 0.1) is 5.54 Å². The Labute approximate surface area is 117 Å². The van der Waals surface area contributed by atoms with E-state index in [4.69, 9.17) is 0 Å². The molecule has 0 aliphatic carbocycles. The maximum absolute atomic E-state index is 12.2. The van der Waals surface area contributed by atoms with Gasteiger partial charge in [0.15, 0.2) is 0 Å². The fourth-order valence-electron chi connectivity index (χ4n) is 2.13. The first-order valence-electron chi connectivity index (χ1n) is 6.09. The predicted molar refractivity (Wildman–Crippen MR) is 75.4 cm³/mol. The van der Waals surface area contributed by atoms with Gasteiger partial charge >= 0.3 is 0 Å². The van der Waals surface area contributed by atoms with Gasteiger partial charge in [0, 0.05) is 0 Å². The molecule has 102 valence electrons.